The Bertz CT molecular complexity index is 1130. The molecular formula is C24H24N4O. The number of ether oxygens (including phenoxy) is 1. The number of benzene rings is 2. The van der Waals surface area contributed by atoms with Gasteiger partial charge in [-0.05, 0) is 36.0 Å². The Balaban J connectivity index is 1.86. The summed E-state index contributed by atoms with van der Waals surface area (Å²) in [5.74, 6) is 1.76. The summed E-state index contributed by atoms with van der Waals surface area (Å²) in [6.07, 6.45) is 5.95. The van der Waals surface area contributed by atoms with Crippen LogP contribution in [0.25, 0.3) is 28.6 Å². The van der Waals surface area contributed by atoms with Crippen LogP contribution in [-0.2, 0) is 6.54 Å². The van der Waals surface area contributed by atoms with Crippen LogP contribution in [0.4, 0.5) is 0 Å². The van der Waals surface area contributed by atoms with Gasteiger partial charge in [0.2, 0.25) is 0 Å². The SMILES string of the molecule is COc1ccc(Cn2c(-c3ccccc3)nc3c(/C=C/N(C)C)ccnc32)cc1. The van der Waals surface area contributed by atoms with Gasteiger partial charge in [-0.15, -0.1) is 0 Å². The zero-order chi connectivity index (χ0) is 20.2. The van der Waals surface area contributed by atoms with E-state index in [2.05, 4.69) is 39.9 Å². The Morgan fingerprint density at radius 3 is 2.45 bits per heavy atom. The van der Waals surface area contributed by atoms with Crippen molar-refractivity contribution in [3.8, 4) is 17.1 Å². The Morgan fingerprint density at radius 1 is 1.00 bits per heavy atom. The molecule has 0 aliphatic carbocycles. The molecule has 0 radical (unpaired) electrons. The molecule has 4 aromatic rings. The summed E-state index contributed by atoms with van der Waals surface area (Å²) in [5.41, 5.74) is 5.06. The van der Waals surface area contributed by atoms with Crippen LogP contribution in [0.5, 0.6) is 5.75 Å². The van der Waals surface area contributed by atoms with E-state index in [0.29, 0.717) is 6.54 Å². The van der Waals surface area contributed by atoms with E-state index in [0.717, 1.165) is 33.9 Å². The molecule has 0 amide bonds. The number of rotatable bonds is 6. The van der Waals surface area contributed by atoms with Crippen LogP contribution in [-0.4, -0.2) is 40.6 Å². The zero-order valence-corrected chi connectivity index (χ0v) is 16.9. The monoisotopic (exact) mass is 384 g/mol. The van der Waals surface area contributed by atoms with Gasteiger partial charge < -0.3 is 14.2 Å². The number of pyridine rings is 1. The number of aromatic nitrogens is 3. The lowest BCUT2D eigenvalue weighted by molar-refractivity contribution is 0.414. The van der Waals surface area contributed by atoms with Crippen LogP contribution >= 0.6 is 0 Å². The minimum atomic E-state index is 0.679. The molecule has 0 unspecified atom stereocenters. The third kappa shape index (κ3) is 3.99. The van der Waals surface area contributed by atoms with E-state index < -0.39 is 0 Å². The third-order valence-electron chi connectivity index (χ3n) is 4.75. The number of hydrogen-bond acceptors (Lipinski definition) is 4. The topological polar surface area (TPSA) is 43.2 Å². The molecule has 0 bridgehead atoms. The second kappa shape index (κ2) is 8.19. The number of methoxy groups -OCH3 is 1. The Labute approximate surface area is 170 Å². The van der Waals surface area contributed by atoms with Crippen molar-refractivity contribution in [2.75, 3.05) is 21.2 Å². The minimum absolute atomic E-state index is 0.679. The first kappa shape index (κ1) is 18.7. The van der Waals surface area contributed by atoms with Gasteiger partial charge in [-0.2, -0.15) is 0 Å². The molecule has 0 N–H and O–H groups in total. The summed E-state index contributed by atoms with van der Waals surface area (Å²) in [7, 11) is 5.69. The third-order valence-corrected chi connectivity index (χ3v) is 4.75. The lowest BCUT2D eigenvalue weighted by Crippen LogP contribution is -2.03. The van der Waals surface area contributed by atoms with Gasteiger partial charge in [-0.25, -0.2) is 9.97 Å². The highest BCUT2D eigenvalue weighted by Gasteiger charge is 2.16. The Kier molecular flexibility index (Phi) is 5.29. The van der Waals surface area contributed by atoms with Crippen molar-refractivity contribution in [1.82, 2.24) is 19.4 Å². The highest BCUT2D eigenvalue weighted by atomic mass is 16.5. The second-order valence-electron chi connectivity index (χ2n) is 7.09. The summed E-state index contributed by atoms with van der Waals surface area (Å²) in [6, 6.07) is 20.4. The molecule has 0 aliphatic rings. The maximum atomic E-state index is 5.29. The van der Waals surface area contributed by atoms with E-state index in [1.54, 1.807) is 7.11 Å². The summed E-state index contributed by atoms with van der Waals surface area (Å²) in [5, 5.41) is 0. The number of imidazole rings is 1. The molecular weight excluding hydrogens is 360 g/mol. The van der Waals surface area contributed by atoms with Crippen molar-refractivity contribution < 1.29 is 4.74 Å². The summed E-state index contributed by atoms with van der Waals surface area (Å²) >= 11 is 0. The molecule has 0 saturated carbocycles. The van der Waals surface area contributed by atoms with Gasteiger partial charge in [0.25, 0.3) is 0 Å². The molecule has 2 aromatic carbocycles. The first-order valence-corrected chi connectivity index (χ1v) is 9.54. The zero-order valence-electron chi connectivity index (χ0n) is 16.9. The first-order chi connectivity index (χ1) is 14.2. The highest BCUT2D eigenvalue weighted by Crippen LogP contribution is 2.27. The van der Waals surface area contributed by atoms with Crippen LogP contribution < -0.4 is 4.74 Å². The second-order valence-corrected chi connectivity index (χ2v) is 7.09. The summed E-state index contributed by atoms with van der Waals surface area (Å²) in [6.45, 7) is 0.679. The highest BCUT2D eigenvalue weighted by molar-refractivity contribution is 5.85. The van der Waals surface area contributed by atoms with Crippen molar-refractivity contribution in [1.29, 1.82) is 0 Å². The smallest absolute Gasteiger partial charge is 0.161 e. The lowest BCUT2D eigenvalue weighted by atomic mass is 10.2. The van der Waals surface area contributed by atoms with E-state index in [1.807, 2.05) is 67.8 Å². The van der Waals surface area contributed by atoms with Crippen molar-refractivity contribution >= 4 is 17.2 Å². The molecule has 0 atom stereocenters. The lowest BCUT2D eigenvalue weighted by Gasteiger charge is -2.10. The average Bonchev–Trinajstić information content (AvgIpc) is 3.12. The average molecular weight is 384 g/mol. The van der Waals surface area contributed by atoms with Gasteiger partial charge in [0.05, 0.1) is 13.7 Å². The van der Waals surface area contributed by atoms with Crippen molar-refractivity contribution in [2.45, 2.75) is 6.54 Å². The van der Waals surface area contributed by atoms with Crippen LogP contribution in [0.3, 0.4) is 0 Å². The van der Waals surface area contributed by atoms with Crippen molar-refractivity contribution in [2.24, 2.45) is 0 Å². The van der Waals surface area contributed by atoms with Gasteiger partial charge in [0.1, 0.15) is 17.1 Å². The van der Waals surface area contributed by atoms with Gasteiger partial charge in [0.15, 0.2) is 5.65 Å². The van der Waals surface area contributed by atoms with Gasteiger partial charge in [0, 0.05) is 31.4 Å². The van der Waals surface area contributed by atoms with Gasteiger partial charge in [-0.1, -0.05) is 42.5 Å². The number of nitrogens with zero attached hydrogens (tertiary/aromatic N) is 4. The molecule has 5 nitrogen and oxygen atoms in total. The molecule has 0 aliphatic heterocycles. The summed E-state index contributed by atoms with van der Waals surface area (Å²) < 4.78 is 7.47. The molecule has 0 fully saturated rings. The summed E-state index contributed by atoms with van der Waals surface area (Å²) in [4.78, 5) is 11.7. The van der Waals surface area contributed by atoms with Gasteiger partial charge in [-0.3, -0.25) is 0 Å². The molecule has 5 heteroatoms. The van der Waals surface area contributed by atoms with E-state index in [1.165, 1.54) is 5.56 Å². The van der Waals surface area contributed by atoms with Crippen LogP contribution in [0, 0.1) is 0 Å². The standard InChI is InChI=1S/C24H24N4O/c1-27(2)16-14-19-13-15-25-24-22(19)26-23(20-7-5-4-6-8-20)28(24)17-18-9-11-21(29-3)12-10-18/h4-16H,17H2,1-3H3/b16-14+. The fourth-order valence-corrected chi connectivity index (χ4v) is 3.27. The van der Waals surface area contributed by atoms with Crippen LogP contribution in [0.1, 0.15) is 11.1 Å². The predicted octanol–water partition coefficient (Wildman–Crippen LogP) is 4.69. The largest absolute Gasteiger partial charge is 0.497 e. The quantitative estimate of drug-likeness (QED) is 0.484. The fraction of sp³-hybridized carbons (Fsp3) is 0.167. The molecule has 29 heavy (non-hydrogen) atoms. The maximum Gasteiger partial charge on any atom is 0.161 e. The van der Waals surface area contributed by atoms with E-state index >= 15 is 0 Å². The normalized spacial score (nSPS) is 11.3. The number of hydrogen-bond donors (Lipinski definition) is 0. The predicted molar refractivity (Wildman–Crippen MR) is 118 cm³/mol. The molecule has 4 rings (SSSR count). The molecule has 2 heterocycles. The van der Waals surface area contributed by atoms with Crippen molar-refractivity contribution in [3.05, 3.63) is 84.2 Å². The van der Waals surface area contributed by atoms with Crippen molar-refractivity contribution in [3.63, 3.8) is 0 Å². The Morgan fingerprint density at radius 2 is 1.76 bits per heavy atom. The van der Waals surface area contributed by atoms with E-state index in [9.17, 15) is 0 Å². The fourth-order valence-electron chi connectivity index (χ4n) is 3.27. The van der Waals surface area contributed by atoms with E-state index in [-0.39, 0.29) is 0 Å². The first-order valence-electron chi connectivity index (χ1n) is 9.54. The molecule has 0 spiro atoms. The molecule has 2 aromatic heterocycles. The van der Waals surface area contributed by atoms with E-state index in [4.69, 9.17) is 9.72 Å². The van der Waals surface area contributed by atoms with Crippen LogP contribution in [0.2, 0.25) is 0 Å². The molecule has 146 valence electrons. The van der Waals surface area contributed by atoms with Gasteiger partial charge >= 0.3 is 0 Å². The number of fused-ring (bicyclic) bond motifs is 1. The Hall–Kier alpha value is -3.60. The minimum Gasteiger partial charge on any atom is -0.497 e. The molecule has 0 saturated heterocycles. The van der Waals surface area contributed by atoms with Crippen LogP contribution in [0.15, 0.2) is 73.1 Å². The maximum absolute atomic E-state index is 5.29.